The van der Waals surface area contributed by atoms with E-state index in [-0.39, 0.29) is 5.57 Å². The predicted molar refractivity (Wildman–Crippen MR) is 105 cm³/mol. The highest BCUT2D eigenvalue weighted by Crippen LogP contribution is 2.39. The summed E-state index contributed by atoms with van der Waals surface area (Å²) in [6, 6.07) is 13.9. The van der Waals surface area contributed by atoms with E-state index in [1.54, 1.807) is 6.08 Å². The molecule has 0 unspecified atom stereocenters. The molecule has 0 saturated carbocycles. The van der Waals surface area contributed by atoms with Crippen molar-refractivity contribution in [3.05, 3.63) is 91.0 Å². The van der Waals surface area contributed by atoms with Crippen molar-refractivity contribution in [3.63, 3.8) is 0 Å². The van der Waals surface area contributed by atoms with E-state index in [4.69, 9.17) is 10.2 Å². The molecule has 0 aliphatic heterocycles. The summed E-state index contributed by atoms with van der Waals surface area (Å²) < 4.78 is 0. The molecule has 4 nitrogen and oxygen atoms in total. The zero-order valence-corrected chi connectivity index (χ0v) is 14.7. The SMILES string of the molecule is C=C(C(=O)O)c1cccc2c1Cc1ccccc1-2.C=CC.C=CC(=O)O. The lowest BCUT2D eigenvalue weighted by atomic mass is 9.96. The van der Waals surface area contributed by atoms with Crippen LogP contribution in [-0.4, -0.2) is 22.2 Å². The summed E-state index contributed by atoms with van der Waals surface area (Å²) in [4.78, 5) is 20.3. The Kier molecular flexibility index (Phi) is 7.77. The van der Waals surface area contributed by atoms with Gasteiger partial charge < -0.3 is 10.2 Å². The number of carboxylic acid groups (broad SMARTS) is 2. The lowest BCUT2D eigenvalue weighted by Gasteiger charge is -2.07. The Balaban J connectivity index is 0.000000361. The first kappa shape index (κ1) is 20.6. The molecule has 1 aliphatic carbocycles. The lowest BCUT2D eigenvalue weighted by Crippen LogP contribution is -2.01. The van der Waals surface area contributed by atoms with E-state index in [9.17, 15) is 9.59 Å². The standard InChI is InChI=1S/C16H12O2.C3H4O2.C3H6/c1-10(16(17)18)12-7-4-8-14-13-6-3-2-5-11(13)9-15(12)14;1-2-3(4)5;1-3-2/h2-8H,1,9H2,(H,17,18);2H,1H2,(H,4,5);3H,1H2,2H3. The highest BCUT2D eigenvalue weighted by molar-refractivity contribution is 6.15. The first-order chi connectivity index (χ1) is 12.4. The molecular weight excluding hydrogens is 328 g/mol. The molecule has 134 valence electrons. The monoisotopic (exact) mass is 350 g/mol. The van der Waals surface area contributed by atoms with Crippen LogP contribution in [0.3, 0.4) is 0 Å². The summed E-state index contributed by atoms with van der Waals surface area (Å²) in [6.45, 7) is 11.9. The molecule has 0 bridgehead atoms. The normalized spacial score (nSPS) is 9.88. The fourth-order valence-corrected chi connectivity index (χ4v) is 2.56. The maximum absolute atomic E-state index is 11.1. The van der Waals surface area contributed by atoms with Crippen molar-refractivity contribution in [2.75, 3.05) is 0 Å². The van der Waals surface area contributed by atoms with Crippen molar-refractivity contribution in [1.82, 2.24) is 0 Å². The van der Waals surface area contributed by atoms with Crippen molar-refractivity contribution in [2.24, 2.45) is 0 Å². The van der Waals surface area contributed by atoms with Crippen LogP contribution in [0.1, 0.15) is 23.6 Å². The van der Waals surface area contributed by atoms with Gasteiger partial charge in [0.15, 0.2) is 0 Å². The van der Waals surface area contributed by atoms with E-state index in [2.05, 4.69) is 31.9 Å². The van der Waals surface area contributed by atoms with Crippen LogP contribution in [0.5, 0.6) is 0 Å². The van der Waals surface area contributed by atoms with Crippen LogP contribution in [0.4, 0.5) is 0 Å². The minimum Gasteiger partial charge on any atom is -0.478 e. The van der Waals surface area contributed by atoms with E-state index >= 15 is 0 Å². The maximum Gasteiger partial charge on any atom is 0.335 e. The van der Waals surface area contributed by atoms with Crippen molar-refractivity contribution in [1.29, 1.82) is 0 Å². The third-order valence-electron chi connectivity index (χ3n) is 3.61. The predicted octanol–water partition coefficient (Wildman–Crippen LogP) is 4.80. The quantitative estimate of drug-likeness (QED) is 0.525. The Bertz CT molecular complexity index is 847. The molecule has 0 spiro atoms. The highest BCUT2D eigenvalue weighted by atomic mass is 16.4. The van der Waals surface area contributed by atoms with Gasteiger partial charge in [0.25, 0.3) is 0 Å². The van der Waals surface area contributed by atoms with E-state index in [1.165, 1.54) is 11.1 Å². The largest absolute Gasteiger partial charge is 0.478 e. The molecule has 26 heavy (non-hydrogen) atoms. The molecule has 2 aromatic rings. The van der Waals surface area contributed by atoms with Crippen LogP contribution >= 0.6 is 0 Å². The van der Waals surface area contributed by atoms with Crippen LogP contribution in [-0.2, 0) is 16.0 Å². The Hall–Kier alpha value is -3.40. The molecule has 0 atom stereocenters. The molecule has 4 heteroatoms. The number of hydrogen-bond acceptors (Lipinski definition) is 2. The highest BCUT2D eigenvalue weighted by Gasteiger charge is 2.22. The molecule has 0 radical (unpaired) electrons. The average Bonchev–Trinajstić information content (AvgIpc) is 3.01. The van der Waals surface area contributed by atoms with Gasteiger partial charge in [0.05, 0.1) is 5.57 Å². The fraction of sp³-hybridized carbons (Fsp3) is 0.0909. The van der Waals surface area contributed by atoms with Crippen LogP contribution in [0.25, 0.3) is 16.7 Å². The van der Waals surface area contributed by atoms with Crippen molar-refractivity contribution in [2.45, 2.75) is 13.3 Å². The van der Waals surface area contributed by atoms with Crippen LogP contribution in [0, 0.1) is 0 Å². The van der Waals surface area contributed by atoms with Gasteiger partial charge in [-0.25, -0.2) is 9.59 Å². The fourth-order valence-electron chi connectivity index (χ4n) is 2.56. The summed E-state index contributed by atoms with van der Waals surface area (Å²) in [5.74, 6) is -1.94. The molecule has 0 saturated heterocycles. The average molecular weight is 350 g/mol. The molecule has 0 aromatic heterocycles. The van der Waals surface area contributed by atoms with Crippen LogP contribution in [0.15, 0.2) is 74.4 Å². The molecule has 0 heterocycles. The summed E-state index contributed by atoms with van der Waals surface area (Å²) >= 11 is 0. The number of rotatable bonds is 3. The molecule has 2 aromatic carbocycles. The number of carboxylic acids is 2. The van der Waals surface area contributed by atoms with Crippen molar-refractivity contribution >= 4 is 17.5 Å². The Morgan fingerprint density at radius 2 is 1.54 bits per heavy atom. The number of allylic oxidation sites excluding steroid dienone is 1. The number of fused-ring (bicyclic) bond motifs is 3. The zero-order valence-electron chi connectivity index (χ0n) is 14.7. The van der Waals surface area contributed by atoms with Gasteiger partial charge in [0.1, 0.15) is 0 Å². The van der Waals surface area contributed by atoms with E-state index in [0.717, 1.165) is 29.2 Å². The summed E-state index contributed by atoms with van der Waals surface area (Å²) in [7, 11) is 0. The van der Waals surface area contributed by atoms with Gasteiger partial charge in [0.2, 0.25) is 0 Å². The number of aliphatic carboxylic acids is 2. The van der Waals surface area contributed by atoms with E-state index < -0.39 is 11.9 Å². The third-order valence-corrected chi connectivity index (χ3v) is 3.61. The molecule has 3 rings (SSSR count). The number of hydrogen-bond donors (Lipinski definition) is 2. The van der Waals surface area contributed by atoms with Crippen LogP contribution in [0.2, 0.25) is 0 Å². The second kappa shape index (κ2) is 9.79. The molecule has 0 fully saturated rings. The first-order valence-electron chi connectivity index (χ1n) is 7.92. The molecular formula is C22H22O4. The van der Waals surface area contributed by atoms with E-state index in [1.807, 2.05) is 37.3 Å². The minimum atomic E-state index is -0.981. The number of carbonyl (C=O) groups is 2. The minimum absolute atomic E-state index is 0.166. The summed E-state index contributed by atoms with van der Waals surface area (Å²) in [6.07, 6.45) is 3.37. The van der Waals surface area contributed by atoms with Crippen molar-refractivity contribution < 1.29 is 19.8 Å². The van der Waals surface area contributed by atoms with E-state index in [0.29, 0.717) is 0 Å². The molecule has 1 aliphatic rings. The second-order valence-electron chi connectivity index (χ2n) is 5.40. The Labute approximate surface area is 153 Å². The van der Waals surface area contributed by atoms with Gasteiger partial charge in [-0.2, -0.15) is 0 Å². The Morgan fingerprint density at radius 1 is 1.00 bits per heavy atom. The van der Waals surface area contributed by atoms with Gasteiger partial charge in [-0.15, -0.1) is 6.58 Å². The second-order valence-corrected chi connectivity index (χ2v) is 5.40. The molecule has 2 N–H and O–H groups in total. The van der Waals surface area contributed by atoms with Gasteiger partial charge in [-0.3, -0.25) is 0 Å². The zero-order chi connectivity index (χ0) is 19.7. The summed E-state index contributed by atoms with van der Waals surface area (Å²) in [5, 5.41) is 16.7. The Morgan fingerprint density at radius 3 is 2.08 bits per heavy atom. The maximum atomic E-state index is 11.1. The van der Waals surface area contributed by atoms with Gasteiger partial charge in [-0.05, 0) is 41.2 Å². The lowest BCUT2D eigenvalue weighted by molar-refractivity contribution is -0.132. The van der Waals surface area contributed by atoms with Gasteiger partial charge in [-0.1, -0.05) is 61.7 Å². The van der Waals surface area contributed by atoms with Gasteiger partial charge >= 0.3 is 11.9 Å². The first-order valence-corrected chi connectivity index (χ1v) is 7.92. The summed E-state index contributed by atoms with van der Waals surface area (Å²) in [5.41, 5.74) is 5.57. The van der Waals surface area contributed by atoms with Crippen LogP contribution < -0.4 is 0 Å². The molecule has 0 amide bonds. The topological polar surface area (TPSA) is 74.6 Å². The number of benzene rings is 2. The van der Waals surface area contributed by atoms with Crippen molar-refractivity contribution in [3.8, 4) is 11.1 Å². The van der Waals surface area contributed by atoms with Gasteiger partial charge in [0, 0.05) is 6.08 Å². The third kappa shape index (κ3) is 5.05. The smallest absolute Gasteiger partial charge is 0.335 e.